The predicted molar refractivity (Wildman–Crippen MR) is 199 cm³/mol. The van der Waals surface area contributed by atoms with Crippen LogP contribution in [0, 0.1) is 0 Å². The van der Waals surface area contributed by atoms with Crippen molar-refractivity contribution in [2.45, 2.75) is 106 Å². The van der Waals surface area contributed by atoms with Crippen LogP contribution in [0.3, 0.4) is 0 Å². The highest BCUT2D eigenvalue weighted by molar-refractivity contribution is 8.11. The molecule has 1 saturated heterocycles. The van der Waals surface area contributed by atoms with E-state index in [2.05, 4.69) is 84.3 Å². The summed E-state index contributed by atoms with van der Waals surface area (Å²) in [5, 5.41) is 13.7. The summed E-state index contributed by atoms with van der Waals surface area (Å²) in [6.07, 6.45) is 8.39. The predicted octanol–water partition coefficient (Wildman–Crippen LogP) is 9.41. The molecular formula is C39H57N3O4S. The van der Waals surface area contributed by atoms with Gasteiger partial charge in [-0.1, -0.05) is 88.4 Å². The van der Waals surface area contributed by atoms with Crippen LogP contribution in [0.2, 0.25) is 0 Å². The summed E-state index contributed by atoms with van der Waals surface area (Å²) >= 11 is 1.70. The van der Waals surface area contributed by atoms with E-state index in [4.69, 9.17) is 4.74 Å². The Morgan fingerprint density at radius 3 is 2.23 bits per heavy atom. The SMILES string of the molecule is C=C(C)SC(=C(C)C)c1ccccc1/C(CCC)=C(\C)N1C=CC(C(=O)N2CCC(O)(CNC(=O)OC(C)(C)C)C2)=CC1=C.CCC. The molecule has 47 heavy (non-hydrogen) atoms. The molecule has 0 spiro atoms. The third kappa shape index (κ3) is 11.6. The zero-order valence-corrected chi connectivity index (χ0v) is 31.2. The minimum Gasteiger partial charge on any atom is -0.444 e. The van der Waals surface area contributed by atoms with Crippen molar-refractivity contribution < 1.29 is 19.4 Å². The zero-order valence-electron chi connectivity index (χ0n) is 30.4. The number of likely N-dealkylation sites (tertiary alicyclic amines) is 1. The Balaban J connectivity index is 0.00000246. The van der Waals surface area contributed by atoms with Crippen LogP contribution in [-0.4, -0.2) is 57.7 Å². The molecule has 2 heterocycles. The first-order valence-electron chi connectivity index (χ1n) is 16.6. The summed E-state index contributed by atoms with van der Waals surface area (Å²) < 4.78 is 5.27. The van der Waals surface area contributed by atoms with Crippen molar-refractivity contribution >= 4 is 34.2 Å². The molecule has 3 rings (SSSR count). The number of alkyl carbamates (subject to hydrolysis) is 1. The molecule has 2 aliphatic rings. The van der Waals surface area contributed by atoms with Crippen molar-refractivity contribution in [2.24, 2.45) is 0 Å². The van der Waals surface area contributed by atoms with Crippen molar-refractivity contribution in [3.8, 4) is 0 Å². The van der Waals surface area contributed by atoms with Crippen LogP contribution in [0.25, 0.3) is 10.5 Å². The van der Waals surface area contributed by atoms with Gasteiger partial charge in [0.15, 0.2) is 0 Å². The molecule has 1 fully saturated rings. The highest BCUT2D eigenvalue weighted by atomic mass is 32.2. The van der Waals surface area contributed by atoms with Gasteiger partial charge in [-0.2, -0.15) is 0 Å². The average Bonchev–Trinajstić information content (AvgIpc) is 3.38. The van der Waals surface area contributed by atoms with E-state index < -0.39 is 17.3 Å². The summed E-state index contributed by atoms with van der Waals surface area (Å²) in [6.45, 7) is 29.1. The topological polar surface area (TPSA) is 82.1 Å². The zero-order chi connectivity index (χ0) is 35.5. The molecule has 8 heteroatoms. The molecule has 1 aromatic rings. The molecule has 2 amide bonds. The van der Waals surface area contributed by atoms with Crippen molar-refractivity contribution in [2.75, 3.05) is 19.6 Å². The van der Waals surface area contributed by atoms with Crippen molar-refractivity contribution in [1.82, 2.24) is 15.1 Å². The standard InChI is InChI=1S/C36H49N3O4S.C3H8/c1-11-14-29(30-15-12-13-16-31(30)32(24(2)3)44-25(4)5)27(7)39-19-17-28(21-26(39)6)33(40)38-20-18-36(42,23-38)22-37-34(41)43-35(8,9)10;1-3-2/h12-13,15-17,19,21,42H,4,6,11,14,18,20,22-23H2,1-3,5,7-10H3,(H,37,41);3H2,1-2H3/b29-27+;. The van der Waals surface area contributed by atoms with Gasteiger partial charge in [-0.25, -0.2) is 4.79 Å². The van der Waals surface area contributed by atoms with E-state index in [0.717, 1.165) is 23.4 Å². The van der Waals surface area contributed by atoms with Gasteiger partial charge in [0.1, 0.15) is 11.2 Å². The maximum Gasteiger partial charge on any atom is 0.407 e. The molecule has 1 aromatic carbocycles. The van der Waals surface area contributed by atoms with Gasteiger partial charge in [0.2, 0.25) is 0 Å². The number of rotatable bonds is 10. The maximum atomic E-state index is 13.5. The fourth-order valence-electron chi connectivity index (χ4n) is 5.37. The fraction of sp³-hybridized carbons (Fsp3) is 0.487. The summed E-state index contributed by atoms with van der Waals surface area (Å²) in [6, 6.07) is 8.51. The van der Waals surface area contributed by atoms with Gasteiger partial charge in [0.25, 0.3) is 5.91 Å². The number of allylic oxidation sites excluding steroid dienone is 5. The molecule has 2 N–H and O–H groups in total. The second-order valence-corrected chi connectivity index (χ2v) is 14.8. The summed E-state index contributed by atoms with van der Waals surface area (Å²) in [5.74, 6) is -0.180. The highest BCUT2D eigenvalue weighted by Gasteiger charge is 2.39. The molecular weight excluding hydrogens is 607 g/mol. The number of nitrogens with one attached hydrogen (secondary N) is 1. The lowest BCUT2D eigenvalue weighted by Crippen LogP contribution is -2.47. The highest BCUT2D eigenvalue weighted by Crippen LogP contribution is 2.41. The lowest BCUT2D eigenvalue weighted by molar-refractivity contribution is -0.126. The first kappa shape index (κ1) is 39.7. The van der Waals surface area contributed by atoms with Crippen LogP contribution in [0.5, 0.6) is 0 Å². The molecule has 0 radical (unpaired) electrons. The molecule has 1 atom stereocenters. The Morgan fingerprint density at radius 2 is 1.70 bits per heavy atom. The molecule has 2 aliphatic heterocycles. The normalized spacial score (nSPS) is 18.1. The lowest BCUT2D eigenvalue weighted by atomic mass is 9.93. The van der Waals surface area contributed by atoms with E-state index in [1.165, 1.54) is 33.6 Å². The number of nitrogens with zero attached hydrogens (tertiary/aromatic N) is 2. The van der Waals surface area contributed by atoms with Gasteiger partial charge >= 0.3 is 6.09 Å². The molecule has 0 bridgehead atoms. The number of benzene rings is 1. The van der Waals surface area contributed by atoms with E-state index in [1.807, 2.05) is 24.1 Å². The third-order valence-corrected chi connectivity index (χ3v) is 8.57. The van der Waals surface area contributed by atoms with Crippen LogP contribution < -0.4 is 5.32 Å². The van der Waals surface area contributed by atoms with Gasteiger partial charge in [-0.05, 0) is 95.1 Å². The van der Waals surface area contributed by atoms with Crippen LogP contribution in [0.1, 0.15) is 106 Å². The average molecular weight is 664 g/mol. The van der Waals surface area contributed by atoms with Gasteiger partial charge in [0.05, 0.1) is 13.1 Å². The van der Waals surface area contributed by atoms with Gasteiger partial charge < -0.3 is 25.0 Å². The smallest absolute Gasteiger partial charge is 0.407 e. The van der Waals surface area contributed by atoms with Crippen molar-refractivity contribution in [3.63, 3.8) is 0 Å². The number of aliphatic hydroxyl groups is 1. The van der Waals surface area contributed by atoms with Crippen LogP contribution >= 0.6 is 11.8 Å². The Hall–Kier alpha value is -3.49. The Labute approximate surface area is 288 Å². The van der Waals surface area contributed by atoms with Gasteiger partial charge in [-0.3, -0.25) is 4.79 Å². The van der Waals surface area contributed by atoms with Gasteiger partial charge in [0, 0.05) is 34.6 Å². The monoisotopic (exact) mass is 663 g/mol. The number of carbonyl (C=O) groups excluding carboxylic acids is 2. The number of carbonyl (C=O) groups is 2. The Morgan fingerprint density at radius 1 is 1.09 bits per heavy atom. The number of amides is 2. The summed E-state index contributed by atoms with van der Waals surface area (Å²) in [5.41, 5.74) is 5.23. The van der Waals surface area contributed by atoms with E-state index >= 15 is 0 Å². The number of ether oxygens (including phenoxy) is 1. The van der Waals surface area contributed by atoms with Crippen molar-refractivity contribution in [3.05, 3.63) is 94.3 Å². The largest absolute Gasteiger partial charge is 0.444 e. The molecule has 1 unspecified atom stereocenters. The molecule has 0 saturated carbocycles. The minimum absolute atomic E-state index is 0.00602. The number of hydrogen-bond acceptors (Lipinski definition) is 6. The van der Waals surface area contributed by atoms with Crippen LogP contribution in [0.15, 0.2) is 83.2 Å². The molecule has 0 aromatic heterocycles. The number of β-amino-alcohol motifs (C(OH)–C–C–N with tert-alkyl or cyclic N) is 1. The minimum atomic E-state index is -1.22. The summed E-state index contributed by atoms with van der Waals surface area (Å²) in [4.78, 5) is 31.5. The second-order valence-electron chi connectivity index (χ2n) is 13.5. The third-order valence-electron chi connectivity index (χ3n) is 7.39. The Kier molecular flexibility index (Phi) is 14.9. The Bertz CT molecular complexity index is 1440. The first-order chi connectivity index (χ1) is 22.0. The van der Waals surface area contributed by atoms with Gasteiger partial charge in [-0.15, -0.1) is 0 Å². The quantitative estimate of drug-likeness (QED) is 0.260. The van der Waals surface area contributed by atoms with E-state index in [-0.39, 0.29) is 19.0 Å². The first-order valence-corrected chi connectivity index (χ1v) is 17.4. The molecule has 7 nitrogen and oxygen atoms in total. The second kappa shape index (κ2) is 17.6. The van der Waals surface area contributed by atoms with E-state index in [1.54, 1.807) is 43.5 Å². The van der Waals surface area contributed by atoms with Crippen molar-refractivity contribution in [1.29, 1.82) is 0 Å². The fourth-order valence-corrected chi connectivity index (χ4v) is 6.21. The van der Waals surface area contributed by atoms with Crippen LogP contribution in [0.4, 0.5) is 4.79 Å². The molecule has 0 aliphatic carbocycles. The maximum absolute atomic E-state index is 13.5. The number of hydrogen-bond donors (Lipinski definition) is 2. The number of thioether (sulfide) groups is 1. The summed E-state index contributed by atoms with van der Waals surface area (Å²) in [7, 11) is 0. The molecule has 258 valence electrons. The van der Waals surface area contributed by atoms with E-state index in [0.29, 0.717) is 24.2 Å². The lowest BCUT2D eigenvalue weighted by Gasteiger charge is -2.30. The van der Waals surface area contributed by atoms with Crippen LogP contribution in [-0.2, 0) is 9.53 Å². The van der Waals surface area contributed by atoms with E-state index in [9.17, 15) is 14.7 Å².